The van der Waals surface area contributed by atoms with Gasteiger partial charge in [0.25, 0.3) is 0 Å². The van der Waals surface area contributed by atoms with Crippen LogP contribution in [-0.2, 0) is 16.0 Å². The van der Waals surface area contributed by atoms with E-state index in [-0.39, 0.29) is 0 Å². The van der Waals surface area contributed by atoms with Crippen LogP contribution >= 0.6 is 0 Å². The van der Waals surface area contributed by atoms with Gasteiger partial charge in [0, 0.05) is 23.4 Å². The van der Waals surface area contributed by atoms with Gasteiger partial charge in [-0.3, -0.25) is 9.59 Å². The normalized spacial score (nSPS) is 12.3. The summed E-state index contributed by atoms with van der Waals surface area (Å²) in [6.07, 6.45) is 3.82. The summed E-state index contributed by atoms with van der Waals surface area (Å²) in [4.78, 5) is 24.0. The minimum absolute atomic E-state index is 0.398. The predicted octanol–water partition coefficient (Wildman–Crippen LogP) is 3.35. The number of carbonyl (C=O) groups excluding carboxylic acids is 2. The van der Waals surface area contributed by atoms with Gasteiger partial charge in [-0.1, -0.05) is 55.5 Å². The van der Waals surface area contributed by atoms with Crippen molar-refractivity contribution in [3.63, 3.8) is 0 Å². The maximum atomic E-state index is 12.3. The molecule has 0 aliphatic carbocycles. The summed E-state index contributed by atoms with van der Waals surface area (Å²) in [5.74, 6) is -0.198. The van der Waals surface area contributed by atoms with E-state index in [9.17, 15) is 9.59 Å². The molecule has 0 fully saturated rings. The number of aryl methyl sites for hydroxylation is 1. The van der Waals surface area contributed by atoms with E-state index in [4.69, 9.17) is 10.2 Å². The standard InChI is InChI=1S/C21H20N2O3/c1-2-17-16(15-10-6-7-11-18(15)26-17)12-13-19(24)23-20(21(22)25)14-8-4-3-5-9-14/h3-13,20H,2H2,1H3,(H2,22,25)(H,23,24)/b13-12+/t20-/m0/s1. The molecule has 2 aromatic carbocycles. The highest BCUT2D eigenvalue weighted by Gasteiger charge is 2.19. The van der Waals surface area contributed by atoms with Crippen LogP contribution in [0.3, 0.4) is 0 Å². The third-order valence-corrected chi connectivity index (χ3v) is 4.14. The highest BCUT2D eigenvalue weighted by molar-refractivity contribution is 5.98. The van der Waals surface area contributed by atoms with Gasteiger partial charge < -0.3 is 15.5 Å². The molecule has 1 heterocycles. The van der Waals surface area contributed by atoms with Gasteiger partial charge in [0.05, 0.1) is 0 Å². The fourth-order valence-corrected chi connectivity index (χ4v) is 2.88. The Balaban J connectivity index is 1.82. The lowest BCUT2D eigenvalue weighted by atomic mass is 10.1. The van der Waals surface area contributed by atoms with Crippen LogP contribution in [0, 0.1) is 0 Å². The third kappa shape index (κ3) is 3.67. The average Bonchev–Trinajstić information content (AvgIpc) is 3.02. The maximum Gasteiger partial charge on any atom is 0.244 e. The predicted molar refractivity (Wildman–Crippen MR) is 101 cm³/mol. The smallest absolute Gasteiger partial charge is 0.244 e. The molecule has 26 heavy (non-hydrogen) atoms. The maximum absolute atomic E-state index is 12.3. The monoisotopic (exact) mass is 348 g/mol. The summed E-state index contributed by atoms with van der Waals surface area (Å²) >= 11 is 0. The lowest BCUT2D eigenvalue weighted by molar-refractivity contribution is -0.125. The second-order valence-corrected chi connectivity index (χ2v) is 5.88. The van der Waals surface area contributed by atoms with Crippen molar-refractivity contribution in [3.05, 3.63) is 77.6 Å². The zero-order chi connectivity index (χ0) is 18.5. The zero-order valence-electron chi connectivity index (χ0n) is 14.4. The summed E-state index contributed by atoms with van der Waals surface area (Å²) in [7, 11) is 0. The second-order valence-electron chi connectivity index (χ2n) is 5.88. The summed E-state index contributed by atoms with van der Waals surface area (Å²) < 4.78 is 5.81. The number of nitrogens with two attached hydrogens (primary N) is 1. The van der Waals surface area contributed by atoms with Crippen LogP contribution in [0.1, 0.15) is 29.9 Å². The molecule has 0 aliphatic heterocycles. The molecule has 1 aromatic heterocycles. The number of carbonyl (C=O) groups is 2. The minimum Gasteiger partial charge on any atom is -0.460 e. The number of primary amides is 1. The quantitative estimate of drug-likeness (QED) is 0.670. The Labute approximate surface area is 151 Å². The first-order chi connectivity index (χ1) is 12.6. The van der Waals surface area contributed by atoms with E-state index in [2.05, 4.69) is 5.32 Å². The number of hydrogen-bond donors (Lipinski definition) is 2. The molecule has 3 N–H and O–H groups in total. The second kappa shape index (κ2) is 7.70. The fraction of sp³-hybridized carbons (Fsp3) is 0.143. The van der Waals surface area contributed by atoms with E-state index in [0.29, 0.717) is 12.0 Å². The SMILES string of the molecule is CCc1oc2ccccc2c1/C=C/C(=O)N[C@H](C(N)=O)c1ccccc1. The van der Waals surface area contributed by atoms with Crippen molar-refractivity contribution in [1.29, 1.82) is 0 Å². The van der Waals surface area contributed by atoms with Gasteiger partial charge in [0.2, 0.25) is 11.8 Å². The molecule has 0 aliphatic rings. The van der Waals surface area contributed by atoms with Crippen molar-refractivity contribution in [2.45, 2.75) is 19.4 Å². The molecular weight excluding hydrogens is 328 g/mol. The van der Waals surface area contributed by atoms with Gasteiger partial charge in [-0.15, -0.1) is 0 Å². The van der Waals surface area contributed by atoms with Gasteiger partial charge in [-0.2, -0.15) is 0 Å². The Hall–Kier alpha value is -3.34. The van der Waals surface area contributed by atoms with Crippen LogP contribution in [0.5, 0.6) is 0 Å². The Kier molecular flexibility index (Phi) is 5.17. The number of fused-ring (bicyclic) bond motifs is 1. The van der Waals surface area contributed by atoms with Gasteiger partial charge in [-0.05, 0) is 17.7 Å². The molecule has 0 spiro atoms. The third-order valence-electron chi connectivity index (χ3n) is 4.14. The Bertz CT molecular complexity index is 958. The van der Waals surface area contributed by atoms with Crippen molar-refractivity contribution in [2.24, 2.45) is 5.73 Å². The molecule has 0 bridgehead atoms. The highest BCUT2D eigenvalue weighted by atomic mass is 16.3. The van der Waals surface area contributed by atoms with E-state index in [1.807, 2.05) is 37.3 Å². The molecule has 2 amide bonds. The van der Waals surface area contributed by atoms with Crippen LogP contribution in [0.15, 0.2) is 65.1 Å². The molecule has 3 rings (SSSR count). The molecule has 5 heteroatoms. The van der Waals surface area contributed by atoms with Crippen molar-refractivity contribution in [2.75, 3.05) is 0 Å². The molecule has 0 unspecified atom stereocenters. The lowest BCUT2D eigenvalue weighted by Crippen LogP contribution is -2.36. The first kappa shape index (κ1) is 17.5. The molecule has 0 saturated heterocycles. The number of rotatable bonds is 6. The van der Waals surface area contributed by atoms with Gasteiger partial charge in [-0.25, -0.2) is 0 Å². The van der Waals surface area contributed by atoms with Crippen LogP contribution in [0.25, 0.3) is 17.0 Å². The number of hydrogen-bond acceptors (Lipinski definition) is 3. The van der Waals surface area contributed by atoms with Crippen molar-refractivity contribution in [1.82, 2.24) is 5.32 Å². The lowest BCUT2D eigenvalue weighted by Gasteiger charge is -2.14. The van der Waals surface area contributed by atoms with Crippen molar-refractivity contribution < 1.29 is 14.0 Å². The summed E-state index contributed by atoms with van der Waals surface area (Å²) in [6.45, 7) is 1.99. The first-order valence-electron chi connectivity index (χ1n) is 8.43. The number of amides is 2. The minimum atomic E-state index is -0.875. The molecule has 0 saturated carbocycles. The Morgan fingerprint density at radius 1 is 1.12 bits per heavy atom. The number of benzene rings is 2. The van der Waals surface area contributed by atoms with E-state index in [0.717, 1.165) is 22.3 Å². The molecule has 0 radical (unpaired) electrons. The van der Waals surface area contributed by atoms with Crippen molar-refractivity contribution in [3.8, 4) is 0 Å². The van der Waals surface area contributed by atoms with Crippen molar-refractivity contribution >= 4 is 28.9 Å². The summed E-state index contributed by atoms with van der Waals surface area (Å²) in [5.41, 5.74) is 7.73. The summed E-state index contributed by atoms with van der Waals surface area (Å²) in [5, 5.41) is 3.60. The molecule has 1 atom stereocenters. The zero-order valence-corrected chi connectivity index (χ0v) is 14.4. The molecule has 132 valence electrons. The van der Waals surface area contributed by atoms with Gasteiger partial charge in [0.1, 0.15) is 17.4 Å². The fourth-order valence-electron chi connectivity index (χ4n) is 2.88. The van der Waals surface area contributed by atoms with Gasteiger partial charge in [0.15, 0.2) is 0 Å². The molecular formula is C21H20N2O3. The number of nitrogens with one attached hydrogen (secondary N) is 1. The topological polar surface area (TPSA) is 85.3 Å². The largest absolute Gasteiger partial charge is 0.460 e. The average molecular weight is 348 g/mol. The first-order valence-corrected chi connectivity index (χ1v) is 8.43. The van der Waals surface area contributed by atoms with E-state index >= 15 is 0 Å². The molecule has 5 nitrogen and oxygen atoms in total. The van der Waals surface area contributed by atoms with Gasteiger partial charge >= 0.3 is 0 Å². The van der Waals surface area contributed by atoms with Crippen LogP contribution < -0.4 is 11.1 Å². The number of para-hydroxylation sites is 1. The van der Waals surface area contributed by atoms with Crippen LogP contribution in [0.4, 0.5) is 0 Å². The molecule has 3 aromatic rings. The summed E-state index contributed by atoms with van der Waals surface area (Å²) in [6, 6.07) is 15.7. The van der Waals surface area contributed by atoms with E-state index in [1.54, 1.807) is 30.3 Å². The highest BCUT2D eigenvalue weighted by Crippen LogP contribution is 2.27. The van der Waals surface area contributed by atoms with Crippen LogP contribution in [0.2, 0.25) is 0 Å². The Morgan fingerprint density at radius 2 is 1.81 bits per heavy atom. The van der Waals surface area contributed by atoms with Crippen LogP contribution in [-0.4, -0.2) is 11.8 Å². The number of furan rings is 1. The van der Waals surface area contributed by atoms with E-state index in [1.165, 1.54) is 6.08 Å². The Morgan fingerprint density at radius 3 is 2.50 bits per heavy atom. The van der Waals surface area contributed by atoms with E-state index < -0.39 is 17.9 Å².